The molecular weight excluding hydrogens is 242 g/mol. The number of carbonyl (C=O) groups is 2. The van der Waals surface area contributed by atoms with E-state index in [0.29, 0.717) is 13.0 Å². The Balaban J connectivity index is 1.69. The molecule has 5 heteroatoms. The molecule has 2 rings (SSSR count). The molecule has 2 fully saturated rings. The van der Waals surface area contributed by atoms with E-state index < -0.39 is 5.54 Å². The molecule has 108 valence electrons. The van der Waals surface area contributed by atoms with Crippen molar-refractivity contribution in [2.45, 2.75) is 56.9 Å². The Kier molecular flexibility index (Phi) is 4.80. The number of rotatable bonds is 4. The van der Waals surface area contributed by atoms with Gasteiger partial charge in [0.25, 0.3) is 0 Å². The standard InChI is InChI=1S/C14H25N3O2/c15-14(7-2-1-3-8-14)13(19)16-9-6-12(18)17-10-4-5-11-17/h1-11,15H2,(H,16,19). The molecule has 1 aliphatic carbocycles. The van der Waals surface area contributed by atoms with E-state index in [2.05, 4.69) is 5.32 Å². The fourth-order valence-corrected chi connectivity index (χ4v) is 2.99. The van der Waals surface area contributed by atoms with Crippen molar-refractivity contribution in [2.24, 2.45) is 5.73 Å². The SMILES string of the molecule is NC1(C(=O)NCCC(=O)N2CCCC2)CCCCC1. The summed E-state index contributed by atoms with van der Waals surface area (Å²) in [6.45, 7) is 2.15. The lowest BCUT2D eigenvalue weighted by Crippen LogP contribution is -2.55. The smallest absolute Gasteiger partial charge is 0.240 e. The van der Waals surface area contributed by atoms with Crippen LogP contribution in [-0.2, 0) is 9.59 Å². The van der Waals surface area contributed by atoms with Crippen molar-refractivity contribution in [3.05, 3.63) is 0 Å². The summed E-state index contributed by atoms with van der Waals surface area (Å²) < 4.78 is 0. The molecule has 1 saturated carbocycles. The van der Waals surface area contributed by atoms with Gasteiger partial charge in [-0.2, -0.15) is 0 Å². The van der Waals surface area contributed by atoms with Crippen molar-refractivity contribution in [3.8, 4) is 0 Å². The lowest BCUT2D eigenvalue weighted by molar-refractivity contribution is -0.130. The van der Waals surface area contributed by atoms with Crippen molar-refractivity contribution in [1.82, 2.24) is 10.2 Å². The van der Waals surface area contributed by atoms with Crippen molar-refractivity contribution in [1.29, 1.82) is 0 Å². The van der Waals surface area contributed by atoms with Crippen LogP contribution in [0.1, 0.15) is 51.4 Å². The van der Waals surface area contributed by atoms with Crippen LogP contribution in [0, 0.1) is 0 Å². The molecule has 2 aliphatic rings. The number of amides is 2. The number of nitrogens with two attached hydrogens (primary N) is 1. The third kappa shape index (κ3) is 3.69. The highest BCUT2D eigenvalue weighted by molar-refractivity contribution is 5.86. The summed E-state index contributed by atoms with van der Waals surface area (Å²) in [5.41, 5.74) is 5.43. The first kappa shape index (κ1) is 14.3. The molecule has 0 radical (unpaired) electrons. The number of likely N-dealkylation sites (tertiary alicyclic amines) is 1. The van der Waals surface area contributed by atoms with E-state index in [1.165, 1.54) is 6.42 Å². The molecule has 0 spiro atoms. The van der Waals surface area contributed by atoms with E-state index in [0.717, 1.165) is 51.6 Å². The van der Waals surface area contributed by atoms with E-state index in [1.807, 2.05) is 4.90 Å². The quantitative estimate of drug-likeness (QED) is 0.790. The van der Waals surface area contributed by atoms with Crippen LogP contribution in [0.2, 0.25) is 0 Å². The third-order valence-electron chi connectivity index (χ3n) is 4.28. The monoisotopic (exact) mass is 267 g/mol. The number of carbonyl (C=O) groups excluding carboxylic acids is 2. The van der Waals surface area contributed by atoms with Crippen LogP contribution < -0.4 is 11.1 Å². The molecule has 0 aromatic carbocycles. The average Bonchev–Trinajstić information content (AvgIpc) is 2.93. The molecule has 2 amide bonds. The highest BCUT2D eigenvalue weighted by Gasteiger charge is 2.34. The minimum absolute atomic E-state index is 0.0820. The summed E-state index contributed by atoms with van der Waals surface area (Å²) in [6, 6.07) is 0. The molecule has 0 atom stereocenters. The number of nitrogens with one attached hydrogen (secondary N) is 1. The maximum Gasteiger partial charge on any atom is 0.240 e. The topological polar surface area (TPSA) is 75.4 Å². The van der Waals surface area contributed by atoms with Crippen molar-refractivity contribution in [2.75, 3.05) is 19.6 Å². The van der Waals surface area contributed by atoms with Gasteiger partial charge >= 0.3 is 0 Å². The normalized spacial score (nSPS) is 22.3. The zero-order valence-electron chi connectivity index (χ0n) is 11.6. The predicted octanol–water partition coefficient (Wildman–Crippen LogP) is 0.777. The first-order valence-corrected chi connectivity index (χ1v) is 7.47. The van der Waals surface area contributed by atoms with Crippen LogP contribution in [-0.4, -0.2) is 41.9 Å². The lowest BCUT2D eigenvalue weighted by atomic mass is 9.82. The van der Waals surface area contributed by atoms with Gasteiger partial charge < -0.3 is 16.0 Å². The molecule has 0 aromatic rings. The fraction of sp³-hybridized carbons (Fsp3) is 0.857. The van der Waals surface area contributed by atoms with E-state index >= 15 is 0 Å². The van der Waals surface area contributed by atoms with Crippen molar-refractivity contribution < 1.29 is 9.59 Å². The second-order valence-electron chi connectivity index (χ2n) is 5.81. The van der Waals surface area contributed by atoms with Gasteiger partial charge in [0.05, 0.1) is 5.54 Å². The summed E-state index contributed by atoms with van der Waals surface area (Å²) in [5.74, 6) is 0.0638. The Hall–Kier alpha value is -1.10. The van der Waals surface area contributed by atoms with Crippen LogP contribution in [0.5, 0.6) is 0 Å². The maximum atomic E-state index is 12.1. The Labute approximate surface area is 114 Å². The summed E-state index contributed by atoms with van der Waals surface area (Å²) in [7, 11) is 0. The maximum absolute atomic E-state index is 12.1. The third-order valence-corrected chi connectivity index (χ3v) is 4.28. The van der Waals surface area contributed by atoms with Gasteiger partial charge in [-0.25, -0.2) is 0 Å². The zero-order chi connectivity index (χ0) is 13.7. The molecule has 0 aromatic heterocycles. The summed E-state index contributed by atoms with van der Waals surface area (Å²) >= 11 is 0. The molecule has 3 N–H and O–H groups in total. The van der Waals surface area contributed by atoms with Gasteiger partial charge in [-0.15, -0.1) is 0 Å². The van der Waals surface area contributed by atoms with E-state index in [1.54, 1.807) is 0 Å². The molecule has 0 bridgehead atoms. The van der Waals surface area contributed by atoms with Crippen molar-refractivity contribution in [3.63, 3.8) is 0 Å². The second-order valence-corrected chi connectivity index (χ2v) is 5.81. The van der Waals surface area contributed by atoms with Gasteiger partial charge in [0.15, 0.2) is 0 Å². The average molecular weight is 267 g/mol. The van der Waals surface area contributed by atoms with Gasteiger partial charge in [0, 0.05) is 26.1 Å². The largest absolute Gasteiger partial charge is 0.354 e. The Bertz CT molecular complexity index is 332. The minimum Gasteiger partial charge on any atom is -0.354 e. The van der Waals surface area contributed by atoms with E-state index in [-0.39, 0.29) is 11.8 Å². The summed E-state index contributed by atoms with van der Waals surface area (Å²) in [5, 5.41) is 2.84. The van der Waals surface area contributed by atoms with Crippen molar-refractivity contribution >= 4 is 11.8 Å². The first-order valence-electron chi connectivity index (χ1n) is 7.47. The van der Waals surface area contributed by atoms with Gasteiger partial charge in [0.1, 0.15) is 0 Å². The molecule has 5 nitrogen and oxygen atoms in total. The first-order chi connectivity index (χ1) is 9.12. The van der Waals surface area contributed by atoms with Gasteiger partial charge in [-0.3, -0.25) is 9.59 Å². The highest BCUT2D eigenvalue weighted by Crippen LogP contribution is 2.25. The highest BCUT2D eigenvalue weighted by atomic mass is 16.2. The van der Waals surface area contributed by atoms with Crippen LogP contribution in [0.25, 0.3) is 0 Å². The summed E-state index contributed by atoms with van der Waals surface area (Å²) in [6.07, 6.45) is 7.33. The molecule has 0 unspecified atom stereocenters. The lowest BCUT2D eigenvalue weighted by Gasteiger charge is -2.31. The molecule has 1 heterocycles. The van der Waals surface area contributed by atoms with Gasteiger partial charge in [-0.1, -0.05) is 19.3 Å². The fourth-order valence-electron chi connectivity index (χ4n) is 2.99. The zero-order valence-corrected chi connectivity index (χ0v) is 11.6. The van der Waals surface area contributed by atoms with Crippen LogP contribution in [0.15, 0.2) is 0 Å². The Morgan fingerprint density at radius 2 is 1.68 bits per heavy atom. The van der Waals surface area contributed by atoms with Gasteiger partial charge in [-0.05, 0) is 25.7 Å². The van der Waals surface area contributed by atoms with E-state index in [9.17, 15) is 9.59 Å². The number of hydrogen-bond donors (Lipinski definition) is 2. The van der Waals surface area contributed by atoms with Crippen LogP contribution in [0.3, 0.4) is 0 Å². The predicted molar refractivity (Wildman–Crippen MR) is 73.4 cm³/mol. The molecule has 1 saturated heterocycles. The minimum atomic E-state index is -0.699. The molecular formula is C14H25N3O2. The van der Waals surface area contributed by atoms with Crippen LogP contribution in [0.4, 0.5) is 0 Å². The molecule has 1 aliphatic heterocycles. The van der Waals surface area contributed by atoms with E-state index in [4.69, 9.17) is 5.73 Å². The Morgan fingerprint density at radius 3 is 2.32 bits per heavy atom. The number of nitrogens with zero attached hydrogens (tertiary/aromatic N) is 1. The Morgan fingerprint density at radius 1 is 1.05 bits per heavy atom. The van der Waals surface area contributed by atoms with Gasteiger partial charge in [0.2, 0.25) is 11.8 Å². The van der Waals surface area contributed by atoms with Crippen LogP contribution >= 0.6 is 0 Å². The molecule has 19 heavy (non-hydrogen) atoms. The summed E-state index contributed by atoms with van der Waals surface area (Å²) in [4.78, 5) is 25.8. The number of hydrogen-bond acceptors (Lipinski definition) is 3. The second kappa shape index (κ2) is 6.37.